The summed E-state index contributed by atoms with van der Waals surface area (Å²) in [6.45, 7) is 2.08. The monoisotopic (exact) mass is 444 g/mol. The van der Waals surface area contributed by atoms with Crippen molar-refractivity contribution >= 4 is 11.5 Å². The molecule has 7 rings (SSSR count). The first-order chi connectivity index (χ1) is 16.0. The van der Waals surface area contributed by atoms with E-state index in [1.54, 1.807) is 7.11 Å². The highest BCUT2D eigenvalue weighted by Gasteiger charge is 2.69. The fraction of sp³-hybridized carbons (Fsp3) is 0.536. The number of ether oxygens (including phenoxy) is 1. The number of fused-ring (bicyclic) bond motifs is 2. The van der Waals surface area contributed by atoms with Crippen LogP contribution in [-0.2, 0) is 11.8 Å². The highest BCUT2D eigenvalue weighted by molar-refractivity contribution is 6.13. The van der Waals surface area contributed by atoms with Gasteiger partial charge in [-0.1, -0.05) is 18.2 Å². The van der Waals surface area contributed by atoms with E-state index >= 15 is 0 Å². The van der Waals surface area contributed by atoms with Crippen molar-refractivity contribution < 1.29 is 14.6 Å². The number of methoxy groups -OCH3 is 1. The lowest BCUT2D eigenvalue weighted by atomic mass is 9.46. The van der Waals surface area contributed by atoms with Crippen molar-refractivity contribution in [2.75, 3.05) is 25.5 Å². The molecule has 2 heterocycles. The molecule has 0 radical (unpaired) electrons. The number of aliphatic hydroxyl groups is 1. The summed E-state index contributed by atoms with van der Waals surface area (Å²) in [6.07, 6.45) is 6.34. The number of benzene rings is 2. The Kier molecular flexibility index (Phi) is 4.01. The normalized spacial score (nSPS) is 36.7. The van der Waals surface area contributed by atoms with Crippen molar-refractivity contribution in [3.63, 3.8) is 0 Å². The van der Waals surface area contributed by atoms with Gasteiger partial charge in [-0.2, -0.15) is 0 Å². The number of nitrogens with one attached hydrogen (secondary N) is 1. The van der Waals surface area contributed by atoms with E-state index in [2.05, 4.69) is 22.3 Å². The molecule has 2 N–H and O–H groups in total. The lowest BCUT2D eigenvalue weighted by Gasteiger charge is -2.66. The van der Waals surface area contributed by atoms with Gasteiger partial charge < -0.3 is 15.2 Å². The third-order valence-corrected chi connectivity index (χ3v) is 9.60. The zero-order chi connectivity index (χ0) is 22.4. The van der Waals surface area contributed by atoms with Crippen LogP contribution in [0.25, 0.3) is 0 Å². The SMILES string of the molecule is COc1ccc2c(c1)[C@]13CCN(CC4CC4)[C@H](C2)[C@]1(O)CCC1(C3)Nc2ccccc2C1=O. The number of Topliss-reactive ketones (excluding diaryl/α,β-unsaturated/α-hetero) is 1. The van der Waals surface area contributed by atoms with Gasteiger partial charge in [0.05, 0.1) is 12.7 Å². The van der Waals surface area contributed by atoms with Crippen molar-refractivity contribution in [1.29, 1.82) is 0 Å². The van der Waals surface area contributed by atoms with Crippen LogP contribution in [0.3, 0.4) is 0 Å². The Labute approximate surface area is 195 Å². The molecule has 172 valence electrons. The number of piperidine rings is 1. The first-order valence-corrected chi connectivity index (χ1v) is 12.5. The summed E-state index contributed by atoms with van der Waals surface area (Å²) in [5.74, 6) is 1.82. The van der Waals surface area contributed by atoms with Crippen LogP contribution in [-0.4, -0.2) is 53.2 Å². The smallest absolute Gasteiger partial charge is 0.190 e. The fourth-order valence-electron chi connectivity index (χ4n) is 7.77. The average Bonchev–Trinajstić information content (AvgIpc) is 3.60. The van der Waals surface area contributed by atoms with Gasteiger partial charge >= 0.3 is 0 Å². The average molecular weight is 445 g/mol. The molecule has 2 aromatic carbocycles. The maximum absolute atomic E-state index is 13.8. The Hall–Kier alpha value is -2.37. The van der Waals surface area contributed by atoms with Gasteiger partial charge in [-0.25, -0.2) is 0 Å². The largest absolute Gasteiger partial charge is 0.497 e. The van der Waals surface area contributed by atoms with E-state index in [0.29, 0.717) is 19.3 Å². The van der Waals surface area contributed by atoms with E-state index in [1.165, 1.54) is 24.0 Å². The number of rotatable bonds is 3. The van der Waals surface area contributed by atoms with Crippen LogP contribution >= 0.6 is 0 Å². The zero-order valence-corrected chi connectivity index (χ0v) is 19.3. The Bertz CT molecular complexity index is 1160. The number of ketones is 1. The molecule has 3 aliphatic carbocycles. The van der Waals surface area contributed by atoms with Crippen molar-refractivity contribution in [3.8, 4) is 5.75 Å². The quantitative estimate of drug-likeness (QED) is 0.751. The van der Waals surface area contributed by atoms with Gasteiger partial charge in [0, 0.05) is 29.3 Å². The molecule has 1 spiro atoms. The van der Waals surface area contributed by atoms with Gasteiger partial charge in [0.15, 0.2) is 5.78 Å². The van der Waals surface area contributed by atoms with Gasteiger partial charge in [-0.3, -0.25) is 9.69 Å². The highest BCUT2D eigenvalue weighted by atomic mass is 16.5. The standard InChI is InChI=1S/C28H32N2O3/c1-33-20-9-8-19-14-24-28(32)11-10-27(25(31)21-4-2-3-5-23(21)29-27)17-26(28,22(19)15-20)12-13-30(24)16-18-6-7-18/h2-5,8-9,15,18,24,29,32H,6-7,10-14,16-17H2,1H3/t24-,26-,27?,28-/m1/s1. The van der Waals surface area contributed by atoms with Crippen LogP contribution in [0, 0.1) is 5.92 Å². The zero-order valence-electron chi connectivity index (χ0n) is 19.3. The molecule has 0 aromatic heterocycles. The molecule has 33 heavy (non-hydrogen) atoms. The number of anilines is 1. The van der Waals surface area contributed by atoms with Crippen LogP contribution in [0.1, 0.15) is 60.0 Å². The Morgan fingerprint density at radius 3 is 2.79 bits per heavy atom. The number of hydrogen-bond acceptors (Lipinski definition) is 5. The lowest BCUT2D eigenvalue weighted by molar-refractivity contribution is -0.172. The van der Waals surface area contributed by atoms with Gasteiger partial charge in [0.2, 0.25) is 0 Å². The molecule has 3 fully saturated rings. The second-order valence-corrected chi connectivity index (χ2v) is 11.2. The number of carbonyl (C=O) groups is 1. The fourth-order valence-corrected chi connectivity index (χ4v) is 7.77. The molecule has 1 saturated heterocycles. The Morgan fingerprint density at radius 1 is 1.15 bits per heavy atom. The number of para-hydroxylation sites is 1. The predicted molar refractivity (Wildman–Crippen MR) is 127 cm³/mol. The lowest BCUT2D eigenvalue weighted by Crippen LogP contribution is -2.75. The summed E-state index contributed by atoms with van der Waals surface area (Å²) in [7, 11) is 1.70. The molecule has 5 aliphatic rings. The van der Waals surface area contributed by atoms with Gasteiger partial charge in [0.25, 0.3) is 0 Å². The van der Waals surface area contributed by atoms with Gasteiger partial charge in [-0.15, -0.1) is 0 Å². The van der Waals surface area contributed by atoms with E-state index in [4.69, 9.17) is 4.74 Å². The summed E-state index contributed by atoms with van der Waals surface area (Å²) >= 11 is 0. The minimum absolute atomic E-state index is 0.115. The first-order valence-electron chi connectivity index (χ1n) is 12.5. The molecule has 5 heteroatoms. The third kappa shape index (κ3) is 2.58. The summed E-state index contributed by atoms with van der Waals surface area (Å²) in [5.41, 5.74) is 2.32. The van der Waals surface area contributed by atoms with Crippen LogP contribution in [0.15, 0.2) is 42.5 Å². The summed E-state index contributed by atoms with van der Waals surface area (Å²) in [6, 6.07) is 14.4. The van der Waals surface area contributed by atoms with E-state index in [0.717, 1.165) is 48.8 Å². The van der Waals surface area contributed by atoms with Crippen molar-refractivity contribution in [3.05, 3.63) is 59.2 Å². The molecular weight excluding hydrogens is 412 g/mol. The number of nitrogens with zero attached hydrogens (tertiary/aromatic N) is 1. The number of carbonyl (C=O) groups excluding carboxylic acids is 1. The van der Waals surface area contributed by atoms with E-state index in [-0.39, 0.29) is 11.8 Å². The minimum Gasteiger partial charge on any atom is -0.497 e. The molecular formula is C28H32N2O3. The minimum atomic E-state index is -0.832. The topological polar surface area (TPSA) is 61.8 Å². The molecule has 2 aliphatic heterocycles. The molecule has 4 atom stereocenters. The molecule has 2 saturated carbocycles. The van der Waals surface area contributed by atoms with E-state index in [9.17, 15) is 9.90 Å². The first kappa shape index (κ1) is 20.0. The second kappa shape index (κ2) is 6.61. The van der Waals surface area contributed by atoms with Crippen molar-refractivity contribution in [2.24, 2.45) is 5.92 Å². The van der Waals surface area contributed by atoms with Crippen LogP contribution in [0.2, 0.25) is 0 Å². The Morgan fingerprint density at radius 2 is 2.00 bits per heavy atom. The summed E-state index contributed by atoms with van der Waals surface area (Å²) in [5, 5.41) is 16.3. The third-order valence-electron chi connectivity index (χ3n) is 9.60. The van der Waals surface area contributed by atoms with Crippen LogP contribution < -0.4 is 10.1 Å². The molecule has 5 nitrogen and oxygen atoms in total. The molecule has 2 aromatic rings. The van der Waals surface area contributed by atoms with Crippen LogP contribution in [0.4, 0.5) is 5.69 Å². The summed E-state index contributed by atoms with van der Waals surface area (Å²) < 4.78 is 5.62. The summed E-state index contributed by atoms with van der Waals surface area (Å²) in [4.78, 5) is 16.4. The second-order valence-electron chi connectivity index (χ2n) is 11.2. The number of likely N-dealkylation sites (tertiary alicyclic amines) is 1. The van der Waals surface area contributed by atoms with Crippen LogP contribution in [0.5, 0.6) is 5.75 Å². The van der Waals surface area contributed by atoms with E-state index < -0.39 is 16.6 Å². The highest BCUT2D eigenvalue weighted by Crippen LogP contribution is 2.62. The maximum atomic E-state index is 13.8. The Balaban J connectivity index is 1.37. The maximum Gasteiger partial charge on any atom is 0.190 e. The van der Waals surface area contributed by atoms with Crippen molar-refractivity contribution in [1.82, 2.24) is 4.90 Å². The molecule has 2 bridgehead atoms. The number of hydrogen-bond donors (Lipinski definition) is 2. The predicted octanol–water partition coefficient (Wildman–Crippen LogP) is 3.94. The molecule has 0 amide bonds. The van der Waals surface area contributed by atoms with Gasteiger partial charge in [-0.05, 0) is 92.8 Å². The molecule has 1 unspecified atom stereocenters. The van der Waals surface area contributed by atoms with Gasteiger partial charge in [0.1, 0.15) is 11.3 Å². The van der Waals surface area contributed by atoms with E-state index in [1.807, 2.05) is 30.3 Å². The van der Waals surface area contributed by atoms with Crippen molar-refractivity contribution in [2.45, 2.75) is 67.5 Å².